The average molecular weight is 298 g/mol. The Kier molecular flexibility index (Phi) is 2.75. The molecule has 0 bridgehead atoms. The minimum atomic E-state index is -0.634. The highest BCUT2D eigenvalue weighted by Crippen LogP contribution is 2.39. The van der Waals surface area contributed by atoms with Crippen molar-refractivity contribution in [2.45, 2.75) is 12.8 Å². The van der Waals surface area contributed by atoms with E-state index in [4.69, 9.17) is 4.52 Å². The van der Waals surface area contributed by atoms with Crippen LogP contribution in [0, 0.1) is 5.41 Å². The van der Waals surface area contributed by atoms with Gasteiger partial charge in [0.15, 0.2) is 0 Å². The molecule has 1 N–H and O–H groups in total. The van der Waals surface area contributed by atoms with Crippen LogP contribution in [0.2, 0.25) is 0 Å². The molecule has 2 amide bonds. The molecule has 2 fully saturated rings. The summed E-state index contributed by atoms with van der Waals surface area (Å²) >= 11 is 0. The first-order valence-corrected chi connectivity index (χ1v) is 7.15. The summed E-state index contributed by atoms with van der Waals surface area (Å²) in [5.74, 6) is 0.517. The van der Waals surface area contributed by atoms with Crippen molar-refractivity contribution in [3.63, 3.8) is 0 Å². The molecule has 0 aliphatic carbocycles. The van der Waals surface area contributed by atoms with Crippen molar-refractivity contribution in [3.05, 3.63) is 30.3 Å². The van der Waals surface area contributed by atoms with Gasteiger partial charge < -0.3 is 9.42 Å². The van der Waals surface area contributed by atoms with Gasteiger partial charge in [0.25, 0.3) is 11.8 Å². The Morgan fingerprint density at radius 3 is 2.77 bits per heavy atom. The largest absolute Gasteiger partial charge is 0.337 e. The quantitative estimate of drug-likeness (QED) is 0.831. The number of carbonyl (C=O) groups is 2. The van der Waals surface area contributed by atoms with E-state index in [9.17, 15) is 9.59 Å². The highest BCUT2D eigenvalue weighted by atomic mass is 16.5. The van der Waals surface area contributed by atoms with Gasteiger partial charge in [0, 0.05) is 25.1 Å². The molecule has 0 radical (unpaired) electrons. The number of hydrogen-bond donors (Lipinski definition) is 1. The summed E-state index contributed by atoms with van der Waals surface area (Å²) in [6.07, 6.45) is 0.867. The zero-order valence-corrected chi connectivity index (χ0v) is 11.8. The van der Waals surface area contributed by atoms with E-state index in [2.05, 4.69) is 15.5 Å². The molecule has 1 aromatic carbocycles. The summed E-state index contributed by atoms with van der Waals surface area (Å²) < 4.78 is 5.29. The number of rotatable bonds is 2. The number of imide groups is 1. The van der Waals surface area contributed by atoms with Crippen LogP contribution in [0.5, 0.6) is 0 Å². The Morgan fingerprint density at radius 1 is 1.23 bits per heavy atom. The first-order valence-electron chi connectivity index (χ1n) is 7.15. The number of benzene rings is 1. The highest BCUT2D eigenvalue weighted by Gasteiger charge is 2.51. The van der Waals surface area contributed by atoms with E-state index in [1.54, 1.807) is 0 Å². The number of nitrogens with zero attached hydrogens (tertiary/aromatic N) is 3. The van der Waals surface area contributed by atoms with Crippen molar-refractivity contribution >= 4 is 17.8 Å². The van der Waals surface area contributed by atoms with E-state index >= 15 is 0 Å². The molecule has 2 aliphatic heterocycles. The molecule has 1 spiro atoms. The Bertz CT molecular complexity index is 742. The number of nitrogens with one attached hydrogen (secondary N) is 1. The molecule has 2 aromatic rings. The molecule has 112 valence electrons. The van der Waals surface area contributed by atoms with Gasteiger partial charge in [0.1, 0.15) is 0 Å². The van der Waals surface area contributed by atoms with Gasteiger partial charge in [0.05, 0.1) is 5.41 Å². The summed E-state index contributed by atoms with van der Waals surface area (Å²) in [6, 6.07) is 9.51. The molecule has 2 saturated heterocycles. The maximum absolute atomic E-state index is 12.0. The van der Waals surface area contributed by atoms with E-state index < -0.39 is 5.41 Å². The summed E-state index contributed by atoms with van der Waals surface area (Å²) in [5, 5.41) is 6.38. The van der Waals surface area contributed by atoms with Crippen molar-refractivity contribution in [3.8, 4) is 11.5 Å². The van der Waals surface area contributed by atoms with Crippen LogP contribution < -0.4 is 10.2 Å². The third kappa shape index (κ3) is 1.97. The molecular formula is C15H14N4O3. The van der Waals surface area contributed by atoms with Gasteiger partial charge in [-0.1, -0.05) is 18.2 Å². The first kappa shape index (κ1) is 13.0. The predicted octanol–water partition coefficient (Wildman–Crippen LogP) is 0.980. The van der Waals surface area contributed by atoms with Crippen molar-refractivity contribution < 1.29 is 14.1 Å². The molecule has 22 heavy (non-hydrogen) atoms. The van der Waals surface area contributed by atoms with Crippen molar-refractivity contribution in [2.75, 3.05) is 18.0 Å². The normalized spacial score (nSPS) is 24.3. The molecule has 7 nitrogen and oxygen atoms in total. The van der Waals surface area contributed by atoms with Gasteiger partial charge in [-0.05, 0) is 23.7 Å². The van der Waals surface area contributed by atoms with Crippen molar-refractivity contribution in [2.24, 2.45) is 5.41 Å². The van der Waals surface area contributed by atoms with Gasteiger partial charge in [-0.15, -0.1) is 0 Å². The average Bonchev–Trinajstić information content (AvgIpc) is 3.20. The van der Waals surface area contributed by atoms with Gasteiger partial charge >= 0.3 is 0 Å². The van der Waals surface area contributed by atoms with Gasteiger partial charge in [-0.3, -0.25) is 14.9 Å². The zero-order valence-electron chi connectivity index (χ0n) is 11.8. The van der Waals surface area contributed by atoms with Crippen LogP contribution in [0.15, 0.2) is 34.9 Å². The van der Waals surface area contributed by atoms with E-state index in [1.165, 1.54) is 0 Å². The molecule has 1 aromatic heterocycles. The van der Waals surface area contributed by atoms with Crippen LogP contribution in [0.3, 0.4) is 0 Å². The van der Waals surface area contributed by atoms with E-state index in [1.807, 2.05) is 35.2 Å². The maximum Gasteiger partial charge on any atom is 0.266 e. The predicted molar refractivity (Wildman–Crippen MR) is 76.8 cm³/mol. The minimum absolute atomic E-state index is 0.188. The van der Waals surface area contributed by atoms with Crippen LogP contribution >= 0.6 is 0 Å². The molecule has 2 aliphatic rings. The first-order chi connectivity index (χ1) is 10.7. The van der Waals surface area contributed by atoms with Gasteiger partial charge in [-0.25, -0.2) is 0 Å². The smallest absolute Gasteiger partial charge is 0.266 e. The molecule has 3 heterocycles. The SMILES string of the molecule is O=C1C[C@]2(CCN(c3noc(-c4ccccc4)n3)C2)C(=O)N1. The fourth-order valence-corrected chi connectivity index (χ4v) is 3.11. The number of anilines is 1. The van der Waals surface area contributed by atoms with Gasteiger partial charge in [0.2, 0.25) is 11.8 Å². The number of carbonyl (C=O) groups excluding carboxylic acids is 2. The van der Waals surface area contributed by atoms with Gasteiger partial charge in [-0.2, -0.15) is 4.98 Å². The minimum Gasteiger partial charge on any atom is -0.337 e. The van der Waals surface area contributed by atoms with Crippen LogP contribution in [-0.2, 0) is 9.59 Å². The Labute approximate surface area is 126 Å². The highest BCUT2D eigenvalue weighted by molar-refractivity contribution is 6.06. The number of aromatic nitrogens is 2. The summed E-state index contributed by atoms with van der Waals surface area (Å²) in [7, 11) is 0. The Hall–Kier alpha value is -2.70. The topological polar surface area (TPSA) is 88.3 Å². The van der Waals surface area contributed by atoms with E-state index in [0.717, 1.165) is 5.56 Å². The lowest BCUT2D eigenvalue weighted by Gasteiger charge is -2.18. The van der Waals surface area contributed by atoms with E-state index in [0.29, 0.717) is 31.3 Å². The standard InChI is InChI=1S/C15H14N4O3/c20-11-8-15(13(21)16-11)6-7-19(9-15)14-17-12(22-18-14)10-4-2-1-3-5-10/h1-5H,6-9H2,(H,16,20,21)/t15-/m0/s1. The Morgan fingerprint density at radius 2 is 2.05 bits per heavy atom. The van der Waals surface area contributed by atoms with E-state index in [-0.39, 0.29) is 18.2 Å². The zero-order chi connectivity index (χ0) is 15.2. The molecule has 0 unspecified atom stereocenters. The summed E-state index contributed by atoms with van der Waals surface area (Å²) in [6.45, 7) is 1.08. The van der Waals surface area contributed by atoms with Crippen molar-refractivity contribution in [1.29, 1.82) is 0 Å². The van der Waals surface area contributed by atoms with Crippen LogP contribution in [0.25, 0.3) is 11.5 Å². The summed E-state index contributed by atoms with van der Waals surface area (Å²) in [5.41, 5.74) is 0.217. The number of amides is 2. The maximum atomic E-state index is 12.0. The molecular weight excluding hydrogens is 284 g/mol. The monoisotopic (exact) mass is 298 g/mol. The second kappa shape index (κ2) is 4.66. The fourth-order valence-electron chi connectivity index (χ4n) is 3.11. The lowest BCUT2D eigenvalue weighted by Crippen LogP contribution is -2.34. The third-order valence-electron chi connectivity index (χ3n) is 4.31. The second-order valence-electron chi connectivity index (χ2n) is 5.77. The fraction of sp³-hybridized carbons (Fsp3) is 0.333. The third-order valence-corrected chi connectivity index (χ3v) is 4.31. The van der Waals surface area contributed by atoms with Crippen LogP contribution in [0.4, 0.5) is 5.95 Å². The summed E-state index contributed by atoms with van der Waals surface area (Å²) in [4.78, 5) is 29.7. The molecule has 7 heteroatoms. The molecule has 0 saturated carbocycles. The number of hydrogen-bond acceptors (Lipinski definition) is 6. The van der Waals surface area contributed by atoms with Crippen LogP contribution in [-0.4, -0.2) is 35.0 Å². The van der Waals surface area contributed by atoms with Crippen molar-refractivity contribution in [1.82, 2.24) is 15.5 Å². The van der Waals surface area contributed by atoms with Crippen LogP contribution in [0.1, 0.15) is 12.8 Å². The lowest BCUT2D eigenvalue weighted by atomic mass is 9.85. The Balaban J connectivity index is 1.56. The molecule has 4 rings (SSSR count). The molecule has 1 atom stereocenters. The second-order valence-corrected chi connectivity index (χ2v) is 5.77. The lowest BCUT2D eigenvalue weighted by molar-refractivity contribution is -0.127.